The molecule has 1 saturated carbocycles. The van der Waals surface area contributed by atoms with E-state index in [0.29, 0.717) is 12.5 Å². The van der Waals surface area contributed by atoms with E-state index in [1.807, 2.05) is 0 Å². The van der Waals surface area contributed by atoms with Crippen molar-refractivity contribution in [3.8, 4) is 0 Å². The average Bonchev–Trinajstić information content (AvgIpc) is 2.73. The Morgan fingerprint density at radius 1 is 1.14 bits per heavy atom. The minimum Gasteiger partial charge on any atom is -0.395 e. The normalized spacial score (nSPS) is 29.9. The number of hydrogen-bond donors (Lipinski definition) is 2. The maximum absolute atomic E-state index is 13.9. The zero-order valence-corrected chi connectivity index (χ0v) is 17.5. The van der Waals surface area contributed by atoms with E-state index in [0.717, 1.165) is 37.8 Å². The maximum atomic E-state index is 13.9. The molecule has 28 heavy (non-hydrogen) atoms. The average molecular weight is 385 g/mol. The van der Waals surface area contributed by atoms with Crippen molar-refractivity contribution in [2.24, 2.45) is 17.8 Å². The standard InChI is InChI=1S/C24H36N2O2/c1-17(2)18-7-9-19(10-8-18)22-20-5-3-4-6-21(20)24(11-13-25-14-12-24)23(28)26(22)15-16-27/h3-6,17-19,22,25,27H,7-16H2,1-2H3/t18-,19+,22?. The van der Waals surface area contributed by atoms with E-state index >= 15 is 0 Å². The van der Waals surface area contributed by atoms with E-state index in [1.54, 1.807) is 0 Å². The predicted octanol–water partition coefficient (Wildman–Crippen LogP) is 3.65. The van der Waals surface area contributed by atoms with Gasteiger partial charge in [0, 0.05) is 6.54 Å². The van der Waals surface area contributed by atoms with Gasteiger partial charge in [0.1, 0.15) is 0 Å². The zero-order valence-electron chi connectivity index (χ0n) is 17.5. The molecule has 0 aromatic heterocycles. The predicted molar refractivity (Wildman–Crippen MR) is 112 cm³/mol. The maximum Gasteiger partial charge on any atom is 0.233 e. The minimum atomic E-state index is -0.400. The van der Waals surface area contributed by atoms with Crippen LogP contribution in [0.25, 0.3) is 0 Å². The van der Waals surface area contributed by atoms with E-state index in [9.17, 15) is 9.90 Å². The molecule has 4 nitrogen and oxygen atoms in total. The van der Waals surface area contributed by atoms with Crippen LogP contribution in [0.1, 0.15) is 69.5 Å². The SMILES string of the molecule is CC(C)[C@H]1CC[C@@H](C2c3ccccc3C3(CCNCC3)C(=O)N2CCO)CC1. The van der Waals surface area contributed by atoms with E-state index in [2.05, 4.69) is 48.3 Å². The Labute approximate surface area is 169 Å². The number of piperidine rings is 1. The van der Waals surface area contributed by atoms with Gasteiger partial charge < -0.3 is 15.3 Å². The molecule has 0 bridgehead atoms. The number of β-amino-alcohol motifs (C(OH)–C–C–N with tert-alkyl or cyclic N) is 1. The summed E-state index contributed by atoms with van der Waals surface area (Å²) < 4.78 is 0. The summed E-state index contributed by atoms with van der Waals surface area (Å²) in [4.78, 5) is 15.9. The van der Waals surface area contributed by atoms with Crippen LogP contribution in [-0.4, -0.2) is 42.2 Å². The molecule has 2 aliphatic heterocycles. The Hall–Kier alpha value is -1.39. The highest BCUT2D eigenvalue weighted by atomic mass is 16.3. The Kier molecular flexibility index (Phi) is 5.80. The van der Waals surface area contributed by atoms with Gasteiger partial charge in [0.25, 0.3) is 0 Å². The number of nitrogens with one attached hydrogen (secondary N) is 1. The number of fused-ring (bicyclic) bond motifs is 2. The van der Waals surface area contributed by atoms with Gasteiger partial charge in [0.15, 0.2) is 0 Å². The van der Waals surface area contributed by atoms with Gasteiger partial charge in [-0.2, -0.15) is 0 Å². The summed E-state index contributed by atoms with van der Waals surface area (Å²) in [6, 6.07) is 8.83. The monoisotopic (exact) mass is 384 g/mol. The van der Waals surface area contributed by atoms with Crippen LogP contribution in [0.5, 0.6) is 0 Å². The second-order valence-electron chi connectivity index (χ2n) is 9.51. The Morgan fingerprint density at radius 2 is 1.82 bits per heavy atom. The fourth-order valence-electron chi connectivity index (χ4n) is 6.20. The summed E-state index contributed by atoms with van der Waals surface area (Å²) in [6.45, 7) is 6.94. The summed E-state index contributed by atoms with van der Waals surface area (Å²) >= 11 is 0. The molecule has 1 unspecified atom stereocenters. The van der Waals surface area contributed by atoms with Crippen LogP contribution in [0, 0.1) is 17.8 Å². The highest BCUT2D eigenvalue weighted by Gasteiger charge is 2.52. The smallest absolute Gasteiger partial charge is 0.233 e. The van der Waals surface area contributed by atoms with Crippen LogP contribution < -0.4 is 5.32 Å². The van der Waals surface area contributed by atoms with Gasteiger partial charge in [-0.25, -0.2) is 0 Å². The van der Waals surface area contributed by atoms with Crippen molar-refractivity contribution in [3.63, 3.8) is 0 Å². The molecule has 1 spiro atoms. The van der Waals surface area contributed by atoms with Crippen molar-refractivity contribution < 1.29 is 9.90 Å². The third-order valence-corrected chi connectivity index (χ3v) is 7.80. The molecule has 2 fully saturated rings. The molecule has 1 aromatic rings. The highest BCUT2D eigenvalue weighted by Crippen LogP contribution is 2.51. The molecule has 154 valence electrons. The van der Waals surface area contributed by atoms with E-state index in [4.69, 9.17) is 0 Å². The molecule has 4 heteroatoms. The van der Waals surface area contributed by atoms with Gasteiger partial charge in [0.2, 0.25) is 5.91 Å². The van der Waals surface area contributed by atoms with Crippen LogP contribution in [-0.2, 0) is 10.2 Å². The van der Waals surface area contributed by atoms with Crippen LogP contribution in [0.2, 0.25) is 0 Å². The molecular formula is C24H36N2O2. The summed E-state index contributed by atoms with van der Waals surface area (Å²) in [5, 5.41) is 13.2. The molecule has 0 radical (unpaired) electrons. The first-order valence-corrected chi connectivity index (χ1v) is 11.3. The van der Waals surface area contributed by atoms with Crippen molar-refractivity contribution in [2.75, 3.05) is 26.2 Å². The van der Waals surface area contributed by atoms with Crippen molar-refractivity contribution in [2.45, 2.75) is 63.8 Å². The molecular weight excluding hydrogens is 348 g/mol. The van der Waals surface area contributed by atoms with Crippen molar-refractivity contribution in [1.82, 2.24) is 10.2 Å². The van der Waals surface area contributed by atoms with Gasteiger partial charge >= 0.3 is 0 Å². The van der Waals surface area contributed by atoms with Crippen molar-refractivity contribution in [3.05, 3.63) is 35.4 Å². The molecule has 1 aromatic carbocycles. The molecule has 2 N–H and O–H groups in total. The van der Waals surface area contributed by atoms with E-state index in [-0.39, 0.29) is 18.6 Å². The third-order valence-electron chi connectivity index (χ3n) is 7.80. The lowest BCUT2D eigenvalue weighted by Crippen LogP contribution is -2.58. The quantitative estimate of drug-likeness (QED) is 0.833. The Morgan fingerprint density at radius 3 is 2.46 bits per heavy atom. The van der Waals surface area contributed by atoms with Gasteiger partial charge in [-0.05, 0) is 80.5 Å². The van der Waals surface area contributed by atoms with Crippen molar-refractivity contribution >= 4 is 5.91 Å². The molecule has 3 aliphatic rings. The van der Waals surface area contributed by atoms with Gasteiger partial charge in [-0.1, -0.05) is 38.1 Å². The van der Waals surface area contributed by atoms with Crippen LogP contribution >= 0.6 is 0 Å². The largest absolute Gasteiger partial charge is 0.395 e. The lowest BCUT2D eigenvalue weighted by atomic mass is 9.64. The zero-order chi connectivity index (χ0) is 19.7. The highest BCUT2D eigenvalue weighted by molar-refractivity contribution is 5.91. The number of benzene rings is 1. The molecule has 2 heterocycles. The third kappa shape index (κ3) is 3.29. The first-order valence-electron chi connectivity index (χ1n) is 11.3. The van der Waals surface area contributed by atoms with Crippen molar-refractivity contribution in [1.29, 1.82) is 0 Å². The first kappa shape index (κ1) is 19.9. The second-order valence-corrected chi connectivity index (χ2v) is 9.51. The summed E-state index contributed by atoms with van der Waals surface area (Å²) in [7, 11) is 0. The molecule has 4 rings (SSSR count). The molecule has 1 aliphatic carbocycles. The fourth-order valence-corrected chi connectivity index (χ4v) is 6.20. The van der Waals surface area contributed by atoms with Crippen LogP contribution in [0.15, 0.2) is 24.3 Å². The minimum absolute atomic E-state index is 0.0417. The van der Waals surface area contributed by atoms with Crippen LogP contribution in [0.4, 0.5) is 0 Å². The number of rotatable bonds is 4. The molecule has 1 atom stereocenters. The topological polar surface area (TPSA) is 52.6 Å². The van der Waals surface area contributed by atoms with E-state index < -0.39 is 5.41 Å². The number of carbonyl (C=O) groups excluding carboxylic acids is 1. The Balaban J connectivity index is 1.72. The second kappa shape index (κ2) is 8.16. The number of hydrogen-bond acceptors (Lipinski definition) is 3. The van der Waals surface area contributed by atoms with Gasteiger partial charge in [0.05, 0.1) is 18.1 Å². The first-order chi connectivity index (χ1) is 13.6. The lowest BCUT2D eigenvalue weighted by molar-refractivity contribution is -0.146. The summed E-state index contributed by atoms with van der Waals surface area (Å²) in [6.07, 6.45) is 6.61. The van der Waals surface area contributed by atoms with Gasteiger partial charge in [-0.15, -0.1) is 0 Å². The summed E-state index contributed by atoms with van der Waals surface area (Å²) in [5.74, 6) is 2.32. The molecule has 1 saturated heterocycles. The molecule has 1 amide bonds. The van der Waals surface area contributed by atoms with E-state index in [1.165, 1.54) is 36.8 Å². The Bertz CT molecular complexity index is 688. The summed E-state index contributed by atoms with van der Waals surface area (Å²) in [5.41, 5.74) is 2.22. The number of carbonyl (C=O) groups is 1. The number of aliphatic hydroxyl groups excluding tert-OH is 1. The lowest BCUT2D eigenvalue weighted by Gasteiger charge is -2.51. The number of nitrogens with zero attached hydrogens (tertiary/aromatic N) is 1. The number of aliphatic hydroxyl groups is 1. The van der Waals surface area contributed by atoms with Crippen LogP contribution in [0.3, 0.4) is 0 Å². The number of amides is 1. The fraction of sp³-hybridized carbons (Fsp3) is 0.708. The van der Waals surface area contributed by atoms with Gasteiger partial charge in [-0.3, -0.25) is 4.79 Å².